The summed E-state index contributed by atoms with van der Waals surface area (Å²) >= 11 is 0. The Balaban J connectivity index is 0.856. The van der Waals surface area contributed by atoms with E-state index in [9.17, 15) is 23.2 Å². The number of nitrogens with zero attached hydrogens (tertiary/aromatic N) is 4. The van der Waals surface area contributed by atoms with Crippen LogP contribution >= 0.6 is 0 Å². The normalized spacial score (nSPS) is 16.5. The molecule has 0 bridgehead atoms. The molecular weight excluding hydrogens is 732 g/mol. The fourth-order valence-corrected chi connectivity index (χ4v) is 7.57. The third kappa shape index (κ3) is 8.58. The zero-order chi connectivity index (χ0) is 39.5. The predicted molar refractivity (Wildman–Crippen MR) is 210 cm³/mol. The minimum Gasteiger partial charge on any atom is -0.374 e. The van der Waals surface area contributed by atoms with E-state index in [0.29, 0.717) is 35.5 Å². The Morgan fingerprint density at radius 1 is 0.860 bits per heavy atom. The molecule has 0 radical (unpaired) electrons. The number of carbonyl (C=O) groups is 3. The molecule has 2 fully saturated rings. The van der Waals surface area contributed by atoms with E-state index >= 15 is 4.39 Å². The van der Waals surface area contributed by atoms with E-state index in [1.54, 1.807) is 16.6 Å². The molecule has 0 spiro atoms. The Morgan fingerprint density at radius 2 is 1.60 bits per heavy atom. The van der Waals surface area contributed by atoms with Gasteiger partial charge in [0.25, 0.3) is 12.3 Å². The average Bonchev–Trinajstić information content (AvgIpc) is 3.67. The van der Waals surface area contributed by atoms with Crippen LogP contribution in [-0.2, 0) is 22.7 Å². The third-order valence-corrected chi connectivity index (χ3v) is 10.8. The molecule has 8 rings (SSSR count). The van der Waals surface area contributed by atoms with E-state index in [2.05, 4.69) is 67.3 Å². The van der Waals surface area contributed by atoms with Crippen molar-refractivity contribution in [2.75, 3.05) is 18.4 Å². The summed E-state index contributed by atoms with van der Waals surface area (Å²) in [6.45, 7) is 2.76. The van der Waals surface area contributed by atoms with E-state index < -0.39 is 24.2 Å². The van der Waals surface area contributed by atoms with E-state index in [0.717, 1.165) is 49.3 Å². The molecule has 3 amide bonds. The van der Waals surface area contributed by atoms with E-state index in [4.69, 9.17) is 0 Å². The predicted octanol–water partition coefficient (Wildman–Crippen LogP) is 7.67. The van der Waals surface area contributed by atoms with Crippen LogP contribution < -0.4 is 16.0 Å². The van der Waals surface area contributed by atoms with Gasteiger partial charge in [-0.15, -0.1) is 0 Å². The lowest BCUT2D eigenvalue weighted by atomic mass is 9.89. The zero-order valence-corrected chi connectivity index (χ0v) is 30.9. The number of aromatic nitrogens is 3. The van der Waals surface area contributed by atoms with Crippen molar-refractivity contribution in [3.8, 4) is 22.4 Å². The van der Waals surface area contributed by atoms with Crippen molar-refractivity contribution < 1.29 is 27.6 Å². The third-order valence-electron chi connectivity index (χ3n) is 10.8. The number of amides is 3. The fraction of sp³-hybridized carbons (Fsp3) is 0.250. The molecule has 2 aliphatic heterocycles. The zero-order valence-electron chi connectivity index (χ0n) is 30.9. The molecule has 290 valence electrons. The molecule has 6 aromatic rings. The fourth-order valence-electron chi connectivity index (χ4n) is 7.57. The van der Waals surface area contributed by atoms with E-state index in [1.165, 1.54) is 47.8 Å². The first-order valence-electron chi connectivity index (χ1n) is 19.0. The number of rotatable bonds is 11. The van der Waals surface area contributed by atoms with Gasteiger partial charge in [0.05, 0.1) is 11.2 Å². The molecule has 57 heavy (non-hydrogen) atoms. The number of likely N-dealkylation sites (tertiary alicyclic amines) is 1. The molecule has 0 aliphatic carbocycles. The number of piperidine rings is 2. The second kappa shape index (κ2) is 16.4. The van der Waals surface area contributed by atoms with E-state index in [-0.39, 0.29) is 35.0 Å². The second-order valence-corrected chi connectivity index (χ2v) is 14.6. The van der Waals surface area contributed by atoms with Crippen molar-refractivity contribution in [1.29, 1.82) is 0 Å². The van der Waals surface area contributed by atoms with Gasteiger partial charge in [-0.2, -0.15) is 5.10 Å². The smallest absolute Gasteiger partial charge is 0.263 e. The summed E-state index contributed by atoms with van der Waals surface area (Å²) in [6, 6.07) is 28.2. The largest absolute Gasteiger partial charge is 0.374 e. The lowest BCUT2D eigenvalue weighted by molar-refractivity contribution is -0.133. The molecule has 0 saturated carbocycles. The van der Waals surface area contributed by atoms with Crippen LogP contribution in [0.15, 0.2) is 110 Å². The molecule has 3 N–H and O–H groups in total. The molecule has 1 unspecified atom stereocenters. The number of benzene rings is 4. The summed E-state index contributed by atoms with van der Waals surface area (Å²) in [5.74, 6) is -1.02. The van der Waals surface area contributed by atoms with Gasteiger partial charge in [0.2, 0.25) is 11.8 Å². The van der Waals surface area contributed by atoms with Crippen molar-refractivity contribution in [2.45, 2.75) is 57.2 Å². The number of imide groups is 1. The number of alkyl halides is 2. The number of fused-ring (bicyclic) bond motifs is 1. The molecule has 10 nitrogen and oxygen atoms in total. The number of anilines is 1. The lowest BCUT2D eigenvalue weighted by Gasteiger charge is -2.32. The van der Waals surface area contributed by atoms with Crippen LogP contribution in [0.4, 0.5) is 18.9 Å². The maximum absolute atomic E-state index is 15.3. The molecular formula is C44H40F3N7O3. The van der Waals surface area contributed by atoms with Crippen molar-refractivity contribution in [2.24, 2.45) is 0 Å². The molecule has 13 heteroatoms. The lowest BCUT2D eigenvalue weighted by Crippen LogP contribution is -2.47. The first-order valence-corrected chi connectivity index (χ1v) is 19.0. The van der Waals surface area contributed by atoms with Crippen LogP contribution in [0.5, 0.6) is 0 Å². The van der Waals surface area contributed by atoms with Crippen LogP contribution in [0.1, 0.15) is 70.6 Å². The molecule has 2 aliphatic rings. The van der Waals surface area contributed by atoms with Gasteiger partial charge in [-0.25, -0.2) is 22.7 Å². The highest BCUT2D eigenvalue weighted by molar-refractivity contribution is 6.01. The van der Waals surface area contributed by atoms with Gasteiger partial charge in [-0.05, 0) is 91.4 Å². The summed E-state index contributed by atoms with van der Waals surface area (Å²) < 4.78 is 42.7. The number of nitrogens with one attached hydrogen (secondary N) is 3. The van der Waals surface area contributed by atoms with Crippen molar-refractivity contribution in [1.82, 2.24) is 30.1 Å². The summed E-state index contributed by atoms with van der Waals surface area (Å²) in [6.07, 6.45) is 3.69. The number of hydrogen-bond acceptors (Lipinski definition) is 7. The monoisotopic (exact) mass is 771 g/mol. The maximum Gasteiger partial charge on any atom is 0.263 e. The summed E-state index contributed by atoms with van der Waals surface area (Å²) in [4.78, 5) is 43.0. The molecule has 2 saturated heterocycles. The Morgan fingerprint density at radius 3 is 2.30 bits per heavy atom. The Bertz CT molecular complexity index is 2410. The average molecular weight is 772 g/mol. The van der Waals surface area contributed by atoms with Crippen LogP contribution in [0.25, 0.3) is 27.9 Å². The molecule has 1 atom stereocenters. The Kier molecular flexibility index (Phi) is 10.8. The number of halogens is 3. The van der Waals surface area contributed by atoms with Gasteiger partial charge < -0.3 is 10.6 Å². The van der Waals surface area contributed by atoms with Gasteiger partial charge in [0, 0.05) is 59.2 Å². The second-order valence-electron chi connectivity index (χ2n) is 14.6. The highest BCUT2D eigenvalue weighted by atomic mass is 19.3. The van der Waals surface area contributed by atoms with Gasteiger partial charge in [-0.3, -0.25) is 24.6 Å². The minimum absolute atomic E-state index is 0.0756. The summed E-state index contributed by atoms with van der Waals surface area (Å²) in [5, 5.41) is 12.7. The highest BCUT2D eigenvalue weighted by Gasteiger charge is 2.27. The van der Waals surface area contributed by atoms with Gasteiger partial charge in [-0.1, -0.05) is 60.7 Å². The summed E-state index contributed by atoms with van der Waals surface area (Å²) in [5.41, 5.74) is 7.50. The van der Waals surface area contributed by atoms with Crippen molar-refractivity contribution in [3.63, 3.8) is 0 Å². The Labute approximate surface area is 327 Å². The van der Waals surface area contributed by atoms with Crippen LogP contribution in [0, 0.1) is 5.82 Å². The maximum atomic E-state index is 15.3. The molecule has 4 heterocycles. The van der Waals surface area contributed by atoms with Crippen LogP contribution in [-0.4, -0.2) is 56.4 Å². The van der Waals surface area contributed by atoms with Gasteiger partial charge >= 0.3 is 0 Å². The van der Waals surface area contributed by atoms with Crippen LogP contribution in [0.3, 0.4) is 0 Å². The standard InChI is InChI=1S/C44H40F3N7O3/c45-37-21-33(9-10-34(37)23-48-43(56)32-7-5-31(6-8-32)42(46)47)41-39-22-35(25-54(39)50-26-49-41)29-3-1-27(2-4-29)24-53-19-17-30(18-20-53)28-11-13-36(14-12-28)51-38-15-16-40(55)52-44(38)57/h1-14,21-22,25-26,30,38,42,51H,15-20,23-24H2,(H,48,56)(H,52,55,57). The molecule has 2 aromatic heterocycles. The number of carbonyl (C=O) groups excluding carboxylic acids is 3. The quantitative estimate of drug-likeness (QED) is 0.116. The van der Waals surface area contributed by atoms with E-state index in [1.807, 2.05) is 24.4 Å². The van der Waals surface area contributed by atoms with Gasteiger partial charge in [0.15, 0.2) is 0 Å². The van der Waals surface area contributed by atoms with Crippen LogP contribution in [0.2, 0.25) is 0 Å². The first kappa shape index (κ1) is 37.6. The SMILES string of the molecule is O=C1CCC(Nc2ccc(C3CCN(Cc4ccc(-c5cc6c(-c7ccc(CNC(=O)c8ccc(C(F)F)cc8)c(F)c7)ncnn6c5)cc4)CC3)cc2)C(=O)N1. The summed E-state index contributed by atoms with van der Waals surface area (Å²) in [7, 11) is 0. The number of hydrogen-bond donors (Lipinski definition) is 3. The van der Waals surface area contributed by atoms with Gasteiger partial charge in [0.1, 0.15) is 18.2 Å². The molecule has 4 aromatic carbocycles. The first-order chi connectivity index (χ1) is 27.7. The minimum atomic E-state index is -2.62. The van der Waals surface area contributed by atoms with Crippen molar-refractivity contribution >= 4 is 28.9 Å². The van der Waals surface area contributed by atoms with Crippen molar-refractivity contribution in [3.05, 3.63) is 143 Å². The highest BCUT2D eigenvalue weighted by Crippen LogP contribution is 2.32. The topological polar surface area (TPSA) is 121 Å². The Hall–Kier alpha value is -6.34.